The highest BCUT2D eigenvalue weighted by molar-refractivity contribution is 5.66. The molecule has 0 amide bonds. The van der Waals surface area contributed by atoms with Crippen molar-refractivity contribution in [2.75, 3.05) is 5.73 Å². The van der Waals surface area contributed by atoms with Gasteiger partial charge in [0.05, 0.1) is 0 Å². The number of fused-ring (bicyclic) bond motifs is 1. The summed E-state index contributed by atoms with van der Waals surface area (Å²) in [6.45, 7) is 0. The van der Waals surface area contributed by atoms with Gasteiger partial charge >= 0.3 is 0 Å². The third kappa shape index (κ3) is 1.97. The van der Waals surface area contributed by atoms with E-state index in [0.717, 1.165) is 16.8 Å². The number of hydrogen-bond donors (Lipinski definition) is 1. The number of anilines is 1. The Morgan fingerprint density at radius 3 is 2.71 bits per heavy atom. The molecule has 2 N–H and O–H groups in total. The molecule has 17 heavy (non-hydrogen) atoms. The number of nitrogens with zero attached hydrogens (tertiary/aromatic N) is 2. The monoisotopic (exact) mass is 225 g/mol. The molecule has 84 valence electrons. The van der Waals surface area contributed by atoms with Gasteiger partial charge in [-0.3, -0.25) is 0 Å². The number of rotatable bonds is 2. The lowest BCUT2D eigenvalue weighted by molar-refractivity contribution is 0.544. The molecular weight excluding hydrogens is 214 g/mol. The summed E-state index contributed by atoms with van der Waals surface area (Å²) in [5.41, 5.74) is 8.88. The average Bonchev–Trinajstić information content (AvgIpc) is 2.74. The summed E-state index contributed by atoms with van der Waals surface area (Å²) < 4.78 is 5.60. The van der Waals surface area contributed by atoms with Crippen molar-refractivity contribution < 1.29 is 4.42 Å². The van der Waals surface area contributed by atoms with Crippen LogP contribution in [0.25, 0.3) is 11.2 Å². The lowest BCUT2D eigenvalue weighted by Crippen LogP contribution is -1.89. The maximum Gasteiger partial charge on any atom is 0.201 e. The molecule has 2 aromatic heterocycles. The predicted molar refractivity (Wildman–Crippen MR) is 65.5 cm³/mol. The van der Waals surface area contributed by atoms with Crippen LogP contribution in [-0.2, 0) is 6.42 Å². The molecule has 0 saturated heterocycles. The number of aromatic nitrogens is 2. The van der Waals surface area contributed by atoms with Gasteiger partial charge in [-0.2, -0.15) is 4.98 Å². The van der Waals surface area contributed by atoms with E-state index in [2.05, 4.69) is 9.97 Å². The maximum absolute atomic E-state index is 5.63. The van der Waals surface area contributed by atoms with Crippen LogP contribution in [0.5, 0.6) is 0 Å². The first-order valence-electron chi connectivity index (χ1n) is 5.36. The Morgan fingerprint density at radius 1 is 1.12 bits per heavy atom. The quantitative estimate of drug-likeness (QED) is 0.680. The van der Waals surface area contributed by atoms with Gasteiger partial charge in [0, 0.05) is 18.3 Å². The van der Waals surface area contributed by atoms with Crippen LogP contribution in [0.2, 0.25) is 0 Å². The fourth-order valence-corrected chi connectivity index (χ4v) is 1.70. The number of benzene rings is 1. The topological polar surface area (TPSA) is 64.9 Å². The maximum atomic E-state index is 5.63. The average molecular weight is 225 g/mol. The number of hydrogen-bond acceptors (Lipinski definition) is 4. The van der Waals surface area contributed by atoms with Crippen molar-refractivity contribution in [2.45, 2.75) is 6.42 Å². The van der Waals surface area contributed by atoms with Crippen molar-refractivity contribution in [3.63, 3.8) is 0 Å². The van der Waals surface area contributed by atoms with Gasteiger partial charge in [-0.15, -0.1) is 0 Å². The zero-order valence-corrected chi connectivity index (χ0v) is 9.13. The van der Waals surface area contributed by atoms with Crippen molar-refractivity contribution in [3.05, 3.63) is 54.0 Å². The number of pyridine rings is 1. The molecule has 4 nitrogen and oxygen atoms in total. The molecule has 0 saturated carbocycles. The van der Waals surface area contributed by atoms with E-state index in [1.165, 1.54) is 0 Å². The van der Waals surface area contributed by atoms with Gasteiger partial charge in [0.2, 0.25) is 5.89 Å². The molecule has 3 rings (SSSR count). The Bertz CT molecular complexity index is 610. The van der Waals surface area contributed by atoms with Crippen LogP contribution in [0, 0.1) is 0 Å². The molecule has 0 bridgehead atoms. The minimum Gasteiger partial charge on any atom is -0.439 e. The van der Waals surface area contributed by atoms with E-state index < -0.39 is 0 Å². The van der Waals surface area contributed by atoms with E-state index in [0.29, 0.717) is 18.0 Å². The summed E-state index contributed by atoms with van der Waals surface area (Å²) in [5, 5.41) is 0. The Labute approximate surface area is 98.1 Å². The van der Waals surface area contributed by atoms with Crippen molar-refractivity contribution in [1.29, 1.82) is 0 Å². The fourth-order valence-electron chi connectivity index (χ4n) is 1.70. The first kappa shape index (κ1) is 9.84. The van der Waals surface area contributed by atoms with E-state index in [-0.39, 0.29) is 0 Å². The van der Waals surface area contributed by atoms with E-state index >= 15 is 0 Å². The second-order valence-electron chi connectivity index (χ2n) is 3.85. The number of oxazole rings is 1. The zero-order valence-electron chi connectivity index (χ0n) is 9.13. The van der Waals surface area contributed by atoms with Crippen LogP contribution in [0.3, 0.4) is 0 Å². The van der Waals surface area contributed by atoms with Gasteiger partial charge in [0.25, 0.3) is 0 Å². The highest BCUT2D eigenvalue weighted by Gasteiger charge is 2.06. The summed E-state index contributed by atoms with van der Waals surface area (Å²) in [7, 11) is 0. The van der Waals surface area contributed by atoms with E-state index in [1.807, 2.05) is 36.4 Å². The second kappa shape index (κ2) is 3.90. The highest BCUT2D eigenvalue weighted by Crippen LogP contribution is 2.16. The largest absolute Gasteiger partial charge is 0.439 e. The van der Waals surface area contributed by atoms with Crippen molar-refractivity contribution in [1.82, 2.24) is 9.97 Å². The fraction of sp³-hybridized carbons (Fsp3) is 0.0769. The van der Waals surface area contributed by atoms with E-state index in [4.69, 9.17) is 10.2 Å². The molecule has 0 fully saturated rings. The third-order valence-corrected chi connectivity index (χ3v) is 2.54. The first-order valence-corrected chi connectivity index (χ1v) is 5.36. The van der Waals surface area contributed by atoms with Gasteiger partial charge in [-0.1, -0.05) is 12.1 Å². The van der Waals surface area contributed by atoms with E-state index in [9.17, 15) is 0 Å². The summed E-state index contributed by atoms with van der Waals surface area (Å²) in [6, 6.07) is 11.4. The molecular formula is C13H11N3O. The molecule has 4 heteroatoms. The molecule has 0 aliphatic carbocycles. The third-order valence-electron chi connectivity index (χ3n) is 2.54. The van der Waals surface area contributed by atoms with Crippen LogP contribution in [-0.4, -0.2) is 9.97 Å². The summed E-state index contributed by atoms with van der Waals surface area (Å²) in [5.74, 6) is 0.670. The molecule has 2 heterocycles. The second-order valence-corrected chi connectivity index (χ2v) is 3.85. The normalized spacial score (nSPS) is 10.8. The Hall–Kier alpha value is -2.36. The molecule has 0 atom stereocenters. The number of nitrogens with two attached hydrogens (primary N) is 1. The van der Waals surface area contributed by atoms with Gasteiger partial charge < -0.3 is 10.2 Å². The van der Waals surface area contributed by atoms with Crippen LogP contribution < -0.4 is 5.73 Å². The van der Waals surface area contributed by atoms with Gasteiger partial charge in [-0.25, -0.2) is 4.98 Å². The Morgan fingerprint density at radius 2 is 1.94 bits per heavy atom. The summed E-state index contributed by atoms with van der Waals surface area (Å²) >= 11 is 0. The standard InChI is InChI=1S/C13H11N3O/c14-10-5-3-9(4-6-10)8-12-16-13-11(17-12)2-1-7-15-13/h1-7H,8,14H2. The minimum atomic E-state index is 0.649. The Balaban J connectivity index is 1.92. The van der Waals surface area contributed by atoms with Gasteiger partial charge in [0.15, 0.2) is 11.2 Å². The molecule has 0 unspecified atom stereocenters. The molecule has 0 aliphatic rings. The lowest BCUT2D eigenvalue weighted by Gasteiger charge is -1.97. The van der Waals surface area contributed by atoms with Gasteiger partial charge in [-0.05, 0) is 29.8 Å². The molecule has 1 aromatic carbocycles. The van der Waals surface area contributed by atoms with Crippen molar-refractivity contribution >= 4 is 16.9 Å². The summed E-state index contributed by atoms with van der Waals surface area (Å²) in [4.78, 5) is 8.45. The van der Waals surface area contributed by atoms with Crippen molar-refractivity contribution in [2.24, 2.45) is 0 Å². The lowest BCUT2D eigenvalue weighted by atomic mass is 10.1. The smallest absolute Gasteiger partial charge is 0.201 e. The van der Waals surface area contributed by atoms with Crippen LogP contribution in [0.15, 0.2) is 47.0 Å². The predicted octanol–water partition coefficient (Wildman–Crippen LogP) is 2.40. The molecule has 0 radical (unpaired) electrons. The summed E-state index contributed by atoms with van der Waals surface area (Å²) in [6.07, 6.45) is 2.36. The van der Waals surface area contributed by atoms with Crippen LogP contribution >= 0.6 is 0 Å². The minimum absolute atomic E-state index is 0.649. The Kier molecular flexibility index (Phi) is 2.26. The SMILES string of the molecule is Nc1ccc(Cc2nc3ncccc3o2)cc1. The van der Waals surface area contributed by atoms with Crippen molar-refractivity contribution in [3.8, 4) is 0 Å². The highest BCUT2D eigenvalue weighted by atomic mass is 16.3. The van der Waals surface area contributed by atoms with Crippen LogP contribution in [0.1, 0.15) is 11.5 Å². The van der Waals surface area contributed by atoms with Crippen LogP contribution in [0.4, 0.5) is 5.69 Å². The van der Waals surface area contributed by atoms with E-state index in [1.54, 1.807) is 6.20 Å². The van der Waals surface area contributed by atoms with Gasteiger partial charge in [0.1, 0.15) is 0 Å². The molecule has 3 aromatic rings. The first-order chi connectivity index (χ1) is 8.31. The zero-order chi connectivity index (χ0) is 11.7. The molecule has 0 spiro atoms. The number of nitrogen functional groups attached to an aromatic ring is 1. The molecule has 0 aliphatic heterocycles.